The van der Waals surface area contributed by atoms with Crippen LogP contribution in [0.2, 0.25) is 0 Å². The van der Waals surface area contributed by atoms with Crippen LogP contribution < -0.4 is 5.49 Å². The van der Waals surface area contributed by atoms with Gasteiger partial charge in [-0.2, -0.15) is 0 Å². The molecule has 1 heterocycles. The predicted molar refractivity (Wildman–Crippen MR) is 70.2 cm³/mol. The molecule has 3 rings (SSSR count). The Bertz CT molecular complexity index is 493. The number of rotatable bonds is 2. The van der Waals surface area contributed by atoms with Crippen molar-refractivity contribution in [1.82, 2.24) is 4.57 Å². The van der Waals surface area contributed by atoms with E-state index in [4.69, 9.17) is 4.99 Å². The third-order valence-corrected chi connectivity index (χ3v) is 3.89. The topological polar surface area (TPSA) is 34.4 Å². The second kappa shape index (κ2) is 5.09. The van der Waals surface area contributed by atoms with E-state index >= 15 is 0 Å². The average molecular weight is 244 g/mol. The summed E-state index contributed by atoms with van der Waals surface area (Å²) in [5, 5.41) is 0. The Morgan fingerprint density at radius 3 is 2.61 bits per heavy atom. The lowest BCUT2D eigenvalue weighted by atomic mass is 9.96. The Morgan fingerprint density at radius 2 is 1.89 bits per heavy atom. The molecule has 0 radical (unpaired) electrons. The van der Waals surface area contributed by atoms with Crippen molar-refractivity contribution in [3.05, 3.63) is 29.9 Å². The van der Waals surface area contributed by atoms with Crippen molar-refractivity contribution in [2.24, 2.45) is 10.9 Å². The minimum absolute atomic E-state index is 0.227. The monoisotopic (exact) mass is 244 g/mol. The van der Waals surface area contributed by atoms with Gasteiger partial charge in [-0.05, 0) is 37.8 Å². The van der Waals surface area contributed by atoms with Gasteiger partial charge in [0, 0.05) is 12.1 Å². The first-order valence-corrected chi connectivity index (χ1v) is 7.10. The molecule has 3 heteroatoms. The number of pyridine rings is 1. The van der Waals surface area contributed by atoms with E-state index < -0.39 is 0 Å². The molecular weight excluding hydrogens is 224 g/mol. The summed E-state index contributed by atoms with van der Waals surface area (Å²) in [6.07, 6.45) is 10.2. The standard InChI is InChI=1S/C15H20N2O/c18-15(12-9-10-12)17-11-5-4-8-14(17)16-13-6-2-1-3-7-13/h4-5,8,11-13H,1-3,6-7,9-10H2. The Kier molecular flexibility index (Phi) is 3.31. The molecule has 0 N–H and O–H groups in total. The highest BCUT2D eigenvalue weighted by atomic mass is 16.2. The zero-order valence-electron chi connectivity index (χ0n) is 10.7. The number of aromatic nitrogens is 1. The zero-order valence-corrected chi connectivity index (χ0v) is 10.7. The normalized spacial score (nSPS) is 22.1. The lowest BCUT2D eigenvalue weighted by Crippen LogP contribution is -2.29. The lowest BCUT2D eigenvalue weighted by Gasteiger charge is -2.17. The summed E-state index contributed by atoms with van der Waals surface area (Å²) < 4.78 is 1.76. The van der Waals surface area contributed by atoms with Crippen LogP contribution in [0.15, 0.2) is 29.4 Å². The van der Waals surface area contributed by atoms with Crippen LogP contribution >= 0.6 is 0 Å². The molecule has 0 bridgehead atoms. The molecule has 1 aromatic rings. The summed E-state index contributed by atoms with van der Waals surface area (Å²) in [5.41, 5.74) is 0.848. The second-order valence-corrected chi connectivity index (χ2v) is 5.46. The number of carbonyl (C=O) groups is 1. The van der Waals surface area contributed by atoms with Crippen LogP contribution in [0.3, 0.4) is 0 Å². The second-order valence-electron chi connectivity index (χ2n) is 5.46. The van der Waals surface area contributed by atoms with Gasteiger partial charge < -0.3 is 0 Å². The van der Waals surface area contributed by atoms with E-state index in [1.165, 1.54) is 32.1 Å². The van der Waals surface area contributed by atoms with Crippen molar-refractivity contribution in [2.45, 2.75) is 51.0 Å². The van der Waals surface area contributed by atoms with Gasteiger partial charge in [-0.1, -0.05) is 25.3 Å². The minimum atomic E-state index is 0.227. The smallest absolute Gasteiger partial charge is 0.235 e. The average Bonchev–Trinajstić information content (AvgIpc) is 3.24. The van der Waals surface area contributed by atoms with Crippen molar-refractivity contribution < 1.29 is 4.79 Å². The number of carbonyl (C=O) groups excluding carboxylic acids is 1. The molecule has 2 aliphatic rings. The van der Waals surface area contributed by atoms with Gasteiger partial charge in [0.1, 0.15) is 5.49 Å². The molecule has 1 aromatic heterocycles. The van der Waals surface area contributed by atoms with Gasteiger partial charge >= 0.3 is 0 Å². The SMILES string of the molecule is O=C(C1CC1)n1ccccc1=NC1CCCCC1. The molecule has 3 nitrogen and oxygen atoms in total. The van der Waals surface area contributed by atoms with Crippen molar-refractivity contribution >= 4 is 5.91 Å². The van der Waals surface area contributed by atoms with Crippen molar-refractivity contribution in [3.8, 4) is 0 Å². The summed E-state index contributed by atoms with van der Waals surface area (Å²) in [7, 11) is 0. The van der Waals surface area contributed by atoms with E-state index in [9.17, 15) is 4.79 Å². The fraction of sp³-hybridized carbons (Fsp3) is 0.600. The van der Waals surface area contributed by atoms with Gasteiger partial charge in [-0.3, -0.25) is 14.4 Å². The summed E-state index contributed by atoms with van der Waals surface area (Å²) in [5.74, 6) is 0.475. The maximum absolute atomic E-state index is 12.2. The Morgan fingerprint density at radius 1 is 1.11 bits per heavy atom. The summed E-state index contributed by atoms with van der Waals surface area (Å²) in [6.45, 7) is 0. The van der Waals surface area contributed by atoms with E-state index in [0.717, 1.165) is 18.3 Å². The molecule has 2 fully saturated rings. The predicted octanol–water partition coefficient (Wildman–Crippen LogP) is 2.77. The highest BCUT2D eigenvalue weighted by Crippen LogP contribution is 2.30. The third-order valence-electron chi connectivity index (χ3n) is 3.89. The van der Waals surface area contributed by atoms with Crippen molar-refractivity contribution in [3.63, 3.8) is 0 Å². The van der Waals surface area contributed by atoms with Crippen molar-refractivity contribution in [1.29, 1.82) is 0 Å². The molecule has 2 saturated carbocycles. The first-order chi connectivity index (χ1) is 8.84. The Hall–Kier alpha value is -1.38. The summed E-state index contributed by atoms with van der Waals surface area (Å²) in [4.78, 5) is 17.0. The summed E-state index contributed by atoms with van der Waals surface area (Å²) >= 11 is 0. The van der Waals surface area contributed by atoms with Crippen LogP contribution in [0.4, 0.5) is 0 Å². The first-order valence-electron chi connectivity index (χ1n) is 7.10. The lowest BCUT2D eigenvalue weighted by molar-refractivity contribution is 0.0880. The van der Waals surface area contributed by atoms with E-state index in [1.54, 1.807) is 4.57 Å². The highest BCUT2D eigenvalue weighted by Gasteiger charge is 2.30. The molecule has 0 aromatic carbocycles. The molecule has 2 aliphatic carbocycles. The van der Waals surface area contributed by atoms with E-state index in [1.807, 2.05) is 24.4 Å². The molecule has 0 atom stereocenters. The first kappa shape index (κ1) is 11.7. The third kappa shape index (κ3) is 2.55. The number of nitrogens with zero attached hydrogens (tertiary/aromatic N) is 2. The zero-order chi connectivity index (χ0) is 12.4. The highest BCUT2D eigenvalue weighted by molar-refractivity contribution is 5.83. The van der Waals surface area contributed by atoms with Gasteiger partial charge in [-0.25, -0.2) is 0 Å². The molecule has 0 aliphatic heterocycles. The summed E-state index contributed by atoms with van der Waals surface area (Å²) in [6, 6.07) is 6.27. The van der Waals surface area contributed by atoms with E-state index in [0.29, 0.717) is 6.04 Å². The van der Waals surface area contributed by atoms with Gasteiger partial charge in [0.15, 0.2) is 0 Å². The molecule has 0 saturated heterocycles. The molecule has 18 heavy (non-hydrogen) atoms. The van der Waals surface area contributed by atoms with Crippen LogP contribution in [0.25, 0.3) is 0 Å². The van der Waals surface area contributed by atoms with Gasteiger partial charge in [0.2, 0.25) is 5.91 Å². The van der Waals surface area contributed by atoms with Crippen LogP contribution in [-0.4, -0.2) is 16.5 Å². The van der Waals surface area contributed by atoms with Crippen LogP contribution in [0.1, 0.15) is 49.7 Å². The molecule has 96 valence electrons. The van der Waals surface area contributed by atoms with E-state index in [2.05, 4.69) is 0 Å². The fourth-order valence-electron chi connectivity index (χ4n) is 2.65. The number of hydrogen-bond acceptors (Lipinski definition) is 2. The van der Waals surface area contributed by atoms with Gasteiger partial charge in [0.25, 0.3) is 0 Å². The van der Waals surface area contributed by atoms with Gasteiger partial charge in [-0.15, -0.1) is 0 Å². The maximum Gasteiger partial charge on any atom is 0.235 e. The van der Waals surface area contributed by atoms with Gasteiger partial charge in [0.05, 0.1) is 6.04 Å². The Balaban J connectivity index is 1.89. The van der Waals surface area contributed by atoms with Crippen LogP contribution in [0, 0.1) is 5.92 Å². The van der Waals surface area contributed by atoms with Crippen molar-refractivity contribution in [2.75, 3.05) is 0 Å². The Labute approximate surface area is 108 Å². The number of hydrogen-bond donors (Lipinski definition) is 0. The molecule has 0 unspecified atom stereocenters. The fourth-order valence-corrected chi connectivity index (χ4v) is 2.65. The molecule has 0 amide bonds. The largest absolute Gasteiger partial charge is 0.274 e. The quantitative estimate of drug-likeness (QED) is 0.787. The molecule has 0 spiro atoms. The van der Waals surface area contributed by atoms with Crippen LogP contribution in [0.5, 0.6) is 0 Å². The maximum atomic E-state index is 12.2. The van der Waals surface area contributed by atoms with Crippen LogP contribution in [-0.2, 0) is 0 Å². The molecular formula is C15H20N2O. The minimum Gasteiger partial charge on any atom is -0.274 e. The van der Waals surface area contributed by atoms with E-state index in [-0.39, 0.29) is 11.8 Å².